The molecule has 2 rings (SSSR count). The summed E-state index contributed by atoms with van der Waals surface area (Å²) in [7, 11) is 2.63. The fourth-order valence-electron chi connectivity index (χ4n) is 1.94. The molecule has 0 radical (unpaired) electrons. The van der Waals surface area contributed by atoms with Crippen LogP contribution in [0, 0.1) is 0 Å². The molecule has 1 aromatic carbocycles. The van der Waals surface area contributed by atoms with Crippen molar-refractivity contribution in [1.82, 2.24) is 0 Å². The molecular formula is C13H11ClF3NaO5. The maximum absolute atomic E-state index is 13.1. The average molecular weight is 363 g/mol. The number of ether oxygens (including phenoxy) is 3. The Morgan fingerprint density at radius 2 is 1.78 bits per heavy atom. The van der Waals surface area contributed by atoms with E-state index in [1.165, 1.54) is 20.3 Å². The summed E-state index contributed by atoms with van der Waals surface area (Å²) in [6.07, 6.45) is -4.34. The number of fused-ring (bicyclic) bond motifs is 1. The summed E-state index contributed by atoms with van der Waals surface area (Å²) in [5, 5.41) is 5.52. The molecule has 1 atom stereocenters. The van der Waals surface area contributed by atoms with E-state index in [9.17, 15) is 18.0 Å². The molecule has 1 heterocycles. The first-order valence-corrected chi connectivity index (χ1v) is 6.18. The monoisotopic (exact) mass is 362 g/mol. The molecule has 1 unspecified atom stereocenters. The molecule has 1 aliphatic rings. The first-order valence-electron chi connectivity index (χ1n) is 5.80. The van der Waals surface area contributed by atoms with Crippen molar-refractivity contribution in [3.05, 3.63) is 23.3 Å². The van der Waals surface area contributed by atoms with Gasteiger partial charge < -0.3 is 19.3 Å². The molecule has 0 amide bonds. The molecule has 23 heavy (non-hydrogen) atoms. The molecule has 10 heteroatoms. The third-order valence-electron chi connectivity index (χ3n) is 3.01. The van der Waals surface area contributed by atoms with Crippen molar-refractivity contribution in [2.75, 3.05) is 14.2 Å². The van der Waals surface area contributed by atoms with Crippen LogP contribution in [-0.2, 0) is 4.79 Å². The number of carboxylic acids is 1. The van der Waals surface area contributed by atoms with Crippen molar-refractivity contribution in [1.29, 1.82) is 0 Å². The number of aliphatic carboxylic acids is 1. The molecular weight excluding hydrogens is 352 g/mol. The van der Waals surface area contributed by atoms with Gasteiger partial charge in [-0.1, -0.05) is 11.6 Å². The van der Waals surface area contributed by atoms with E-state index in [-0.39, 0.29) is 52.4 Å². The number of benzene rings is 1. The van der Waals surface area contributed by atoms with Crippen molar-refractivity contribution in [2.45, 2.75) is 11.2 Å². The molecule has 0 spiro atoms. The normalized spacial score (nSPS) is 19.7. The molecule has 0 fully saturated rings. The van der Waals surface area contributed by atoms with Gasteiger partial charge in [0.2, 0.25) is 0 Å². The van der Waals surface area contributed by atoms with Gasteiger partial charge in [0, 0.05) is 11.6 Å². The van der Waals surface area contributed by atoms with Crippen molar-refractivity contribution in [3.63, 3.8) is 0 Å². The fraction of sp³-hybridized carbons (Fsp3) is 0.308. The number of carboxylic acid groups (broad SMARTS) is 1. The third kappa shape index (κ3) is 3.40. The Hall–Kier alpha value is -1.09. The van der Waals surface area contributed by atoms with E-state index >= 15 is 0 Å². The van der Waals surface area contributed by atoms with E-state index < -0.39 is 22.8 Å². The van der Waals surface area contributed by atoms with E-state index in [1.807, 2.05) is 0 Å². The summed E-state index contributed by atoms with van der Waals surface area (Å²) < 4.78 is 54.1. The molecule has 5 nitrogen and oxygen atoms in total. The zero-order valence-corrected chi connectivity index (χ0v) is 12.1. The first-order chi connectivity index (χ1) is 10.1. The van der Waals surface area contributed by atoms with Crippen LogP contribution in [0.2, 0.25) is 0 Å². The van der Waals surface area contributed by atoms with Gasteiger partial charge >= 0.3 is 46.8 Å². The van der Waals surface area contributed by atoms with Crippen LogP contribution in [0.5, 0.6) is 17.2 Å². The van der Waals surface area contributed by atoms with Crippen molar-refractivity contribution in [3.8, 4) is 17.2 Å². The average Bonchev–Trinajstić information content (AvgIpc) is 2.43. The number of hydrogen-bond acceptors (Lipinski definition) is 4. The second-order valence-electron chi connectivity index (χ2n) is 4.30. The predicted molar refractivity (Wildman–Crippen MR) is 77.6 cm³/mol. The van der Waals surface area contributed by atoms with Gasteiger partial charge in [0.25, 0.3) is 0 Å². The predicted octanol–water partition coefficient (Wildman–Crippen LogP) is 2.41. The Morgan fingerprint density at radius 3 is 2.22 bits per heavy atom. The van der Waals surface area contributed by atoms with E-state index in [0.29, 0.717) is 0 Å². The Labute approximate surface area is 156 Å². The Morgan fingerprint density at radius 1 is 1.26 bits per heavy atom. The Balaban J connectivity index is 0.00000264. The number of halogens is 4. The second kappa shape index (κ2) is 6.80. The quantitative estimate of drug-likeness (QED) is 0.661. The van der Waals surface area contributed by atoms with E-state index in [1.54, 1.807) is 0 Å². The minimum absolute atomic E-state index is 0. The first kappa shape index (κ1) is 20.0. The summed E-state index contributed by atoms with van der Waals surface area (Å²) >= 11 is 5.44. The van der Waals surface area contributed by atoms with Crippen LogP contribution in [0.1, 0.15) is 5.56 Å². The van der Waals surface area contributed by atoms with E-state index in [0.717, 1.165) is 12.1 Å². The van der Waals surface area contributed by atoms with Crippen LogP contribution in [-0.4, -0.2) is 66.1 Å². The molecule has 0 bridgehead atoms. The molecule has 1 aromatic rings. The van der Waals surface area contributed by atoms with Crippen LogP contribution in [0.3, 0.4) is 0 Å². The van der Waals surface area contributed by atoms with Crippen LogP contribution in [0.15, 0.2) is 17.7 Å². The van der Waals surface area contributed by atoms with Crippen molar-refractivity contribution < 1.29 is 37.3 Å². The van der Waals surface area contributed by atoms with Gasteiger partial charge in [0.1, 0.15) is 11.3 Å². The third-order valence-corrected chi connectivity index (χ3v) is 3.50. The standard InChI is InChI=1S/C13H10ClF3O5.Na.H/c1-20-9-4-6-3-7(11(18)19)12(14,13(15,16)17)22-8(6)5-10(9)21-2;;/h3-5H,1-2H3,(H,18,19);;. The Bertz CT molecular complexity index is 662. The molecule has 0 saturated heterocycles. The number of hydrogen-bond donors (Lipinski definition) is 1. The summed E-state index contributed by atoms with van der Waals surface area (Å²) in [5.74, 6) is -1.78. The van der Waals surface area contributed by atoms with Gasteiger partial charge in [-0.05, 0) is 12.1 Å². The van der Waals surface area contributed by atoms with E-state index in [2.05, 4.69) is 0 Å². The van der Waals surface area contributed by atoms with Gasteiger partial charge in [-0.25, -0.2) is 4.79 Å². The molecule has 0 saturated carbocycles. The zero-order valence-electron chi connectivity index (χ0n) is 11.3. The van der Waals surface area contributed by atoms with Crippen LogP contribution in [0.4, 0.5) is 13.2 Å². The molecule has 0 aliphatic carbocycles. The molecule has 0 aromatic heterocycles. The van der Waals surface area contributed by atoms with Crippen molar-refractivity contribution >= 4 is 53.2 Å². The fourth-order valence-corrected chi connectivity index (χ4v) is 2.16. The van der Waals surface area contributed by atoms with Crippen LogP contribution in [0.25, 0.3) is 6.08 Å². The van der Waals surface area contributed by atoms with Gasteiger partial charge in [0.15, 0.2) is 11.5 Å². The van der Waals surface area contributed by atoms with Crippen molar-refractivity contribution in [2.24, 2.45) is 0 Å². The molecule has 1 N–H and O–H groups in total. The Kier molecular flexibility index (Phi) is 5.90. The van der Waals surface area contributed by atoms with E-state index in [4.69, 9.17) is 30.9 Å². The summed E-state index contributed by atoms with van der Waals surface area (Å²) in [6.45, 7) is 0. The minimum atomic E-state index is -5.14. The second-order valence-corrected chi connectivity index (χ2v) is 4.84. The number of alkyl halides is 4. The maximum atomic E-state index is 13.1. The number of rotatable bonds is 3. The number of methoxy groups -OCH3 is 2. The SMILES string of the molecule is COc1cc2c(cc1OC)OC(Cl)(C(F)(F)F)C(C(=O)O)=C2.[NaH]. The van der Waals surface area contributed by atoms with Gasteiger partial charge in [-0.2, -0.15) is 13.2 Å². The molecule has 1 aliphatic heterocycles. The zero-order chi connectivity index (χ0) is 16.7. The summed E-state index contributed by atoms with van der Waals surface area (Å²) in [4.78, 5) is 11.1. The summed E-state index contributed by atoms with van der Waals surface area (Å²) in [6, 6.07) is 2.44. The van der Waals surface area contributed by atoms with Crippen LogP contribution >= 0.6 is 11.6 Å². The van der Waals surface area contributed by atoms with Gasteiger partial charge in [0.05, 0.1) is 14.2 Å². The van der Waals surface area contributed by atoms with Gasteiger partial charge in [-0.15, -0.1) is 0 Å². The molecule has 122 valence electrons. The van der Waals surface area contributed by atoms with Crippen LogP contribution < -0.4 is 14.2 Å². The summed E-state index contributed by atoms with van der Waals surface area (Å²) in [5.41, 5.74) is -1.06. The topological polar surface area (TPSA) is 65.0 Å². The van der Waals surface area contributed by atoms with Gasteiger partial charge in [-0.3, -0.25) is 0 Å². The number of carbonyl (C=O) groups is 1.